The Balaban J connectivity index is 2.33. The molecule has 1 aromatic heterocycles. The molecule has 0 saturated carbocycles. The average Bonchev–Trinajstić information content (AvgIpc) is 2.77. The van der Waals surface area contributed by atoms with E-state index in [-0.39, 0.29) is 4.90 Å². The quantitative estimate of drug-likeness (QED) is 0.858. The largest absolute Gasteiger partial charge is 0.377 e. The van der Waals surface area contributed by atoms with Crippen molar-refractivity contribution in [3.8, 4) is 0 Å². The molecule has 0 amide bonds. The van der Waals surface area contributed by atoms with Crippen molar-refractivity contribution in [1.29, 1.82) is 0 Å². The van der Waals surface area contributed by atoms with Crippen molar-refractivity contribution in [3.05, 3.63) is 41.2 Å². The van der Waals surface area contributed by atoms with Gasteiger partial charge in [0.05, 0.1) is 23.7 Å². The van der Waals surface area contributed by atoms with Crippen LogP contribution >= 0.6 is 0 Å². The molecule has 0 unspecified atom stereocenters. The Bertz CT molecular complexity index is 703. The van der Waals surface area contributed by atoms with Gasteiger partial charge in [-0.1, -0.05) is 18.2 Å². The fourth-order valence-corrected chi connectivity index (χ4v) is 3.56. The first-order valence-electron chi connectivity index (χ1n) is 6.65. The van der Waals surface area contributed by atoms with Crippen LogP contribution in [0.5, 0.6) is 0 Å². The molecule has 0 bridgehead atoms. The summed E-state index contributed by atoms with van der Waals surface area (Å²) in [6.07, 6.45) is 0. The maximum atomic E-state index is 12.5. The Labute approximate surface area is 124 Å². The summed E-state index contributed by atoms with van der Waals surface area (Å²) in [6.45, 7) is 6.16. The number of aryl methyl sites for hydroxylation is 2. The summed E-state index contributed by atoms with van der Waals surface area (Å²) in [5, 5.41) is 6.61. The molecule has 0 fully saturated rings. The topological polar surface area (TPSA) is 84.1 Å². The molecule has 2 N–H and O–H groups in total. The second-order valence-electron chi connectivity index (χ2n) is 4.66. The van der Waals surface area contributed by atoms with Crippen LogP contribution in [0.3, 0.4) is 0 Å². The molecule has 0 atom stereocenters. The number of nitrogens with one attached hydrogen (secondary N) is 2. The van der Waals surface area contributed by atoms with E-state index in [1.807, 2.05) is 19.1 Å². The standard InChI is InChI=1S/C14H19N3O3S/c1-4-20-9-12-7-5-6-8-13(12)17-21(18,19)14-10(2)15-16-11(14)3/h5-8,17H,4,9H2,1-3H3,(H,15,16). The van der Waals surface area contributed by atoms with E-state index in [9.17, 15) is 8.42 Å². The summed E-state index contributed by atoms with van der Waals surface area (Å²) in [5.41, 5.74) is 2.28. The SMILES string of the molecule is CCOCc1ccccc1NS(=O)(=O)c1c(C)n[nH]c1C. The molecule has 0 aliphatic heterocycles. The zero-order valence-corrected chi connectivity index (χ0v) is 13.1. The summed E-state index contributed by atoms with van der Waals surface area (Å²) in [6, 6.07) is 7.18. The third-order valence-electron chi connectivity index (χ3n) is 3.05. The number of aromatic nitrogens is 2. The van der Waals surface area contributed by atoms with E-state index in [0.717, 1.165) is 5.56 Å². The fraction of sp³-hybridized carbons (Fsp3) is 0.357. The number of benzene rings is 1. The van der Waals surface area contributed by atoms with Gasteiger partial charge < -0.3 is 4.74 Å². The molecule has 0 saturated heterocycles. The number of rotatable bonds is 6. The zero-order valence-electron chi connectivity index (χ0n) is 12.3. The van der Waals surface area contributed by atoms with Crippen LogP contribution in [0.1, 0.15) is 23.9 Å². The minimum atomic E-state index is -3.68. The number of hydrogen-bond acceptors (Lipinski definition) is 4. The normalized spacial score (nSPS) is 11.6. The number of anilines is 1. The van der Waals surface area contributed by atoms with Crippen LogP contribution in [0.15, 0.2) is 29.2 Å². The lowest BCUT2D eigenvalue weighted by atomic mass is 10.2. The lowest BCUT2D eigenvalue weighted by molar-refractivity contribution is 0.134. The van der Waals surface area contributed by atoms with Gasteiger partial charge in [0.2, 0.25) is 0 Å². The van der Waals surface area contributed by atoms with E-state index < -0.39 is 10.0 Å². The maximum absolute atomic E-state index is 12.5. The number of hydrogen-bond donors (Lipinski definition) is 2. The Kier molecular flexibility index (Phi) is 4.64. The number of aromatic amines is 1. The van der Waals surface area contributed by atoms with Gasteiger partial charge in [0.1, 0.15) is 4.90 Å². The summed E-state index contributed by atoms with van der Waals surface area (Å²) < 4.78 is 33.0. The maximum Gasteiger partial charge on any atom is 0.265 e. The van der Waals surface area contributed by atoms with E-state index in [2.05, 4.69) is 14.9 Å². The highest BCUT2D eigenvalue weighted by atomic mass is 32.2. The molecule has 0 aliphatic rings. The zero-order chi connectivity index (χ0) is 15.5. The second kappa shape index (κ2) is 6.28. The molecular formula is C14H19N3O3S. The Morgan fingerprint density at radius 1 is 1.29 bits per heavy atom. The highest BCUT2D eigenvalue weighted by Gasteiger charge is 2.23. The van der Waals surface area contributed by atoms with Crippen molar-refractivity contribution < 1.29 is 13.2 Å². The Morgan fingerprint density at radius 2 is 2.00 bits per heavy atom. The molecule has 2 rings (SSSR count). The first-order valence-corrected chi connectivity index (χ1v) is 8.14. The molecule has 21 heavy (non-hydrogen) atoms. The molecule has 1 aromatic carbocycles. The molecule has 0 aliphatic carbocycles. The first kappa shape index (κ1) is 15.5. The minimum absolute atomic E-state index is 0.189. The van der Waals surface area contributed by atoms with Gasteiger partial charge in [0, 0.05) is 12.2 Å². The fourth-order valence-electron chi connectivity index (χ4n) is 2.09. The molecule has 6 nitrogen and oxygen atoms in total. The minimum Gasteiger partial charge on any atom is -0.377 e. The number of ether oxygens (including phenoxy) is 1. The van der Waals surface area contributed by atoms with Crippen LogP contribution in [-0.2, 0) is 21.4 Å². The third-order valence-corrected chi connectivity index (χ3v) is 4.68. The van der Waals surface area contributed by atoms with Crippen LogP contribution in [0, 0.1) is 13.8 Å². The van der Waals surface area contributed by atoms with Crippen LogP contribution in [0.25, 0.3) is 0 Å². The van der Waals surface area contributed by atoms with E-state index in [4.69, 9.17) is 4.74 Å². The highest BCUT2D eigenvalue weighted by molar-refractivity contribution is 7.92. The molecule has 0 radical (unpaired) electrons. The van der Waals surface area contributed by atoms with E-state index in [0.29, 0.717) is 30.3 Å². The smallest absolute Gasteiger partial charge is 0.265 e. The summed E-state index contributed by atoms with van der Waals surface area (Å²) >= 11 is 0. The Morgan fingerprint density at radius 3 is 2.62 bits per heavy atom. The number of sulfonamides is 1. The van der Waals surface area contributed by atoms with Crippen LogP contribution < -0.4 is 4.72 Å². The van der Waals surface area contributed by atoms with E-state index in [1.165, 1.54) is 0 Å². The predicted molar refractivity (Wildman–Crippen MR) is 80.6 cm³/mol. The van der Waals surface area contributed by atoms with Gasteiger partial charge in [-0.05, 0) is 26.8 Å². The number of nitrogens with zero attached hydrogens (tertiary/aromatic N) is 1. The Hall–Kier alpha value is -1.86. The summed E-state index contributed by atoms with van der Waals surface area (Å²) in [7, 11) is -3.68. The van der Waals surface area contributed by atoms with Crippen LogP contribution in [0.4, 0.5) is 5.69 Å². The molecule has 1 heterocycles. The van der Waals surface area contributed by atoms with Crippen molar-refractivity contribution in [2.75, 3.05) is 11.3 Å². The van der Waals surface area contributed by atoms with E-state index in [1.54, 1.807) is 26.0 Å². The lowest BCUT2D eigenvalue weighted by Crippen LogP contribution is -2.16. The molecule has 7 heteroatoms. The summed E-state index contributed by atoms with van der Waals surface area (Å²) in [4.78, 5) is 0.189. The molecule has 2 aromatic rings. The van der Waals surface area contributed by atoms with Crippen molar-refractivity contribution in [2.24, 2.45) is 0 Å². The van der Waals surface area contributed by atoms with Gasteiger partial charge in [-0.25, -0.2) is 8.42 Å². The summed E-state index contributed by atoms with van der Waals surface area (Å²) in [5.74, 6) is 0. The monoisotopic (exact) mass is 309 g/mol. The first-order chi connectivity index (χ1) is 9.95. The lowest BCUT2D eigenvalue weighted by Gasteiger charge is -2.12. The second-order valence-corrected chi connectivity index (χ2v) is 6.28. The van der Waals surface area contributed by atoms with Gasteiger partial charge in [0.25, 0.3) is 10.0 Å². The molecule has 114 valence electrons. The number of para-hydroxylation sites is 1. The van der Waals surface area contributed by atoms with Gasteiger partial charge in [-0.2, -0.15) is 5.10 Å². The van der Waals surface area contributed by atoms with Gasteiger partial charge in [-0.15, -0.1) is 0 Å². The molecular weight excluding hydrogens is 290 g/mol. The van der Waals surface area contributed by atoms with Crippen molar-refractivity contribution in [3.63, 3.8) is 0 Å². The highest BCUT2D eigenvalue weighted by Crippen LogP contribution is 2.23. The van der Waals surface area contributed by atoms with Crippen molar-refractivity contribution in [1.82, 2.24) is 10.2 Å². The van der Waals surface area contributed by atoms with Crippen LogP contribution in [-0.4, -0.2) is 25.2 Å². The van der Waals surface area contributed by atoms with Crippen LogP contribution in [0.2, 0.25) is 0 Å². The van der Waals surface area contributed by atoms with E-state index >= 15 is 0 Å². The van der Waals surface area contributed by atoms with Crippen molar-refractivity contribution >= 4 is 15.7 Å². The van der Waals surface area contributed by atoms with Gasteiger partial charge in [0.15, 0.2) is 0 Å². The number of H-pyrrole nitrogens is 1. The van der Waals surface area contributed by atoms with Gasteiger partial charge in [-0.3, -0.25) is 9.82 Å². The molecule has 0 spiro atoms. The third kappa shape index (κ3) is 3.43. The van der Waals surface area contributed by atoms with Crippen molar-refractivity contribution in [2.45, 2.75) is 32.3 Å². The average molecular weight is 309 g/mol. The van der Waals surface area contributed by atoms with Gasteiger partial charge >= 0.3 is 0 Å². The predicted octanol–water partition coefficient (Wildman–Crippen LogP) is 2.36.